The molecule has 0 aliphatic carbocycles. The van der Waals surface area contributed by atoms with Crippen molar-refractivity contribution in [3.63, 3.8) is 0 Å². The monoisotopic (exact) mass is 174 g/mol. The molecule has 0 rings (SSSR count). The molecule has 0 aromatic rings. The molecule has 74 valence electrons. The molecule has 12 heavy (non-hydrogen) atoms. The number of hydrogen-bond acceptors (Lipinski definition) is 1. The van der Waals surface area contributed by atoms with E-state index in [1.807, 2.05) is 0 Å². The molecule has 2 heteroatoms. The van der Waals surface area contributed by atoms with Gasteiger partial charge in [0, 0.05) is 0 Å². The fourth-order valence-electron chi connectivity index (χ4n) is 0.631. The first-order valence-corrected chi connectivity index (χ1v) is 4.80. The largest absolute Gasteiger partial charge is 0.203 e. The number of hydroxylamine groups is 3. The van der Waals surface area contributed by atoms with E-state index in [9.17, 15) is 0 Å². The van der Waals surface area contributed by atoms with Crippen LogP contribution < -0.4 is 0 Å². The third-order valence-electron chi connectivity index (χ3n) is 2.53. The van der Waals surface area contributed by atoms with Crippen LogP contribution in [0, 0.1) is 0 Å². The van der Waals surface area contributed by atoms with Crippen molar-refractivity contribution >= 4 is 0 Å². The van der Waals surface area contributed by atoms with Gasteiger partial charge in [-0.1, -0.05) is 13.3 Å². The molecular formula is C10H24NO+. The first-order valence-electron chi connectivity index (χ1n) is 4.80. The van der Waals surface area contributed by atoms with Gasteiger partial charge in [0.2, 0.25) is 0 Å². The normalized spacial score (nSPS) is 13.5. The van der Waals surface area contributed by atoms with E-state index in [0.29, 0.717) is 4.65 Å². The Morgan fingerprint density at radius 3 is 2.00 bits per heavy atom. The van der Waals surface area contributed by atoms with Crippen molar-refractivity contribution in [1.29, 1.82) is 0 Å². The molecule has 0 heterocycles. The van der Waals surface area contributed by atoms with E-state index < -0.39 is 0 Å². The predicted octanol–water partition coefficient (Wildman–Crippen LogP) is 2.59. The Hall–Kier alpha value is -0.0800. The van der Waals surface area contributed by atoms with Crippen molar-refractivity contribution in [2.75, 3.05) is 20.7 Å². The van der Waals surface area contributed by atoms with Gasteiger partial charge in [0.15, 0.2) is 0 Å². The van der Waals surface area contributed by atoms with E-state index in [1.165, 1.54) is 6.42 Å². The van der Waals surface area contributed by atoms with Crippen LogP contribution in [0.4, 0.5) is 0 Å². The van der Waals surface area contributed by atoms with Crippen LogP contribution in [0.3, 0.4) is 0 Å². The van der Waals surface area contributed by atoms with Gasteiger partial charge in [-0.05, 0) is 27.2 Å². The average molecular weight is 174 g/mol. The highest BCUT2D eigenvalue weighted by Gasteiger charge is 2.33. The first-order chi connectivity index (χ1) is 5.31. The Morgan fingerprint density at radius 1 is 1.17 bits per heavy atom. The Labute approximate surface area is 77.1 Å². The van der Waals surface area contributed by atoms with Gasteiger partial charge in [-0.3, -0.25) is 0 Å². The summed E-state index contributed by atoms with van der Waals surface area (Å²) in [4.78, 5) is 5.77. The second kappa shape index (κ2) is 4.24. The summed E-state index contributed by atoms with van der Waals surface area (Å²) in [6.07, 6.45) is 2.35. The van der Waals surface area contributed by atoms with E-state index >= 15 is 0 Å². The van der Waals surface area contributed by atoms with Gasteiger partial charge in [-0.25, -0.2) is 4.84 Å². The lowest BCUT2D eigenvalue weighted by atomic mass is 10.1. The molecule has 0 N–H and O–H groups in total. The topological polar surface area (TPSA) is 9.23 Å². The fourth-order valence-corrected chi connectivity index (χ4v) is 0.631. The molecule has 0 radical (unpaired) electrons. The Kier molecular flexibility index (Phi) is 4.21. The fraction of sp³-hybridized carbons (Fsp3) is 1.00. The van der Waals surface area contributed by atoms with Gasteiger partial charge in [0.25, 0.3) is 0 Å². The van der Waals surface area contributed by atoms with Gasteiger partial charge in [0.05, 0.1) is 14.1 Å². The molecule has 0 saturated heterocycles. The molecule has 2 nitrogen and oxygen atoms in total. The smallest absolute Gasteiger partial charge is 0.120 e. The van der Waals surface area contributed by atoms with Gasteiger partial charge < -0.3 is 0 Å². The first kappa shape index (κ1) is 11.9. The zero-order valence-corrected chi connectivity index (χ0v) is 9.48. The second-order valence-corrected chi connectivity index (χ2v) is 4.71. The summed E-state index contributed by atoms with van der Waals surface area (Å²) >= 11 is 0. The molecule has 0 amide bonds. The van der Waals surface area contributed by atoms with Crippen molar-refractivity contribution in [3.05, 3.63) is 0 Å². The van der Waals surface area contributed by atoms with Crippen LogP contribution in [0.1, 0.15) is 40.5 Å². The lowest BCUT2D eigenvalue weighted by Crippen LogP contribution is -2.54. The third-order valence-corrected chi connectivity index (χ3v) is 2.53. The Bertz CT molecular complexity index is 124. The molecular weight excluding hydrogens is 150 g/mol. The molecule has 0 saturated carbocycles. The van der Waals surface area contributed by atoms with Gasteiger partial charge in [-0.2, -0.15) is 4.65 Å². The summed E-state index contributed by atoms with van der Waals surface area (Å²) in [5.41, 5.74) is 0.160. The minimum Gasteiger partial charge on any atom is -0.203 e. The summed E-state index contributed by atoms with van der Waals surface area (Å²) in [7, 11) is 4.21. The van der Waals surface area contributed by atoms with E-state index in [0.717, 1.165) is 13.0 Å². The number of unbranched alkanes of at least 4 members (excludes halogenated alkanes) is 1. The van der Waals surface area contributed by atoms with E-state index in [1.54, 1.807) is 0 Å². The molecule has 0 atom stereocenters. The van der Waals surface area contributed by atoms with Crippen LogP contribution in [0.2, 0.25) is 0 Å². The standard InChI is InChI=1S/C10H24NO/c1-7-8-9-12-11(5,6)10(2,3)4/h7-9H2,1-6H3/q+1. The van der Waals surface area contributed by atoms with Crippen LogP contribution in [-0.2, 0) is 4.84 Å². The van der Waals surface area contributed by atoms with Gasteiger partial charge in [-0.15, -0.1) is 0 Å². The van der Waals surface area contributed by atoms with E-state index in [4.69, 9.17) is 4.84 Å². The van der Waals surface area contributed by atoms with E-state index in [2.05, 4.69) is 41.8 Å². The lowest BCUT2D eigenvalue weighted by molar-refractivity contribution is -1.11. The highest BCUT2D eigenvalue weighted by molar-refractivity contribution is 4.56. The molecule has 0 bridgehead atoms. The van der Waals surface area contributed by atoms with Crippen molar-refractivity contribution in [2.45, 2.75) is 46.1 Å². The van der Waals surface area contributed by atoms with Crippen molar-refractivity contribution in [1.82, 2.24) is 0 Å². The summed E-state index contributed by atoms with van der Waals surface area (Å²) < 4.78 is 0.632. The molecule has 0 aliphatic heterocycles. The predicted molar refractivity (Wildman–Crippen MR) is 52.7 cm³/mol. The number of rotatable bonds is 4. The van der Waals surface area contributed by atoms with Crippen molar-refractivity contribution < 1.29 is 9.48 Å². The third kappa shape index (κ3) is 3.55. The number of hydrogen-bond donors (Lipinski definition) is 0. The van der Waals surface area contributed by atoms with Crippen LogP contribution in [0.15, 0.2) is 0 Å². The molecule has 0 fully saturated rings. The maximum atomic E-state index is 5.77. The highest BCUT2D eigenvalue weighted by Crippen LogP contribution is 2.19. The quantitative estimate of drug-likeness (QED) is 0.361. The SMILES string of the molecule is CCCCO[N+](C)(C)C(C)(C)C. The Morgan fingerprint density at radius 2 is 1.67 bits per heavy atom. The molecule has 0 aromatic carbocycles. The maximum absolute atomic E-state index is 5.77. The highest BCUT2D eigenvalue weighted by atomic mass is 16.7. The average Bonchev–Trinajstić information content (AvgIpc) is 1.85. The van der Waals surface area contributed by atoms with Gasteiger partial charge in [0.1, 0.15) is 12.1 Å². The number of nitrogens with zero attached hydrogens (tertiary/aromatic N) is 1. The Balaban J connectivity index is 3.88. The molecule has 0 spiro atoms. The van der Waals surface area contributed by atoms with Crippen LogP contribution in [-0.4, -0.2) is 30.9 Å². The molecule has 0 aromatic heterocycles. The van der Waals surface area contributed by atoms with Crippen LogP contribution >= 0.6 is 0 Å². The minimum atomic E-state index is 0.160. The molecule has 0 unspecified atom stereocenters. The summed E-state index contributed by atoms with van der Waals surface area (Å²) in [6, 6.07) is 0. The minimum absolute atomic E-state index is 0.160. The zero-order valence-electron chi connectivity index (χ0n) is 9.48. The van der Waals surface area contributed by atoms with Crippen molar-refractivity contribution in [3.8, 4) is 0 Å². The summed E-state index contributed by atoms with van der Waals surface area (Å²) in [6.45, 7) is 9.62. The van der Waals surface area contributed by atoms with Crippen LogP contribution in [0.25, 0.3) is 0 Å². The summed E-state index contributed by atoms with van der Waals surface area (Å²) in [5.74, 6) is 0. The van der Waals surface area contributed by atoms with E-state index in [-0.39, 0.29) is 5.54 Å². The summed E-state index contributed by atoms with van der Waals surface area (Å²) in [5, 5.41) is 0. The molecule has 0 aliphatic rings. The maximum Gasteiger partial charge on any atom is 0.120 e. The zero-order chi connectivity index (χ0) is 9.83. The second-order valence-electron chi connectivity index (χ2n) is 4.71. The number of quaternary nitrogens is 1. The van der Waals surface area contributed by atoms with Crippen molar-refractivity contribution in [2.24, 2.45) is 0 Å². The van der Waals surface area contributed by atoms with Gasteiger partial charge >= 0.3 is 0 Å². The van der Waals surface area contributed by atoms with Crippen LogP contribution in [0.5, 0.6) is 0 Å². The lowest BCUT2D eigenvalue weighted by Gasteiger charge is -2.39.